The zero-order chi connectivity index (χ0) is 16.6. The Morgan fingerprint density at radius 1 is 1.35 bits per heavy atom. The quantitative estimate of drug-likeness (QED) is 0.768. The molecule has 7 heteroatoms. The van der Waals surface area contributed by atoms with E-state index in [0.717, 1.165) is 5.56 Å². The number of hydrogen-bond donors (Lipinski definition) is 2. The van der Waals surface area contributed by atoms with Gasteiger partial charge in [0, 0.05) is 12.4 Å². The average molecular weight is 312 g/mol. The second-order valence-corrected chi connectivity index (χ2v) is 5.70. The molecule has 2 aromatic heterocycles. The van der Waals surface area contributed by atoms with Crippen LogP contribution in [0.5, 0.6) is 0 Å². The van der Waals surface area contributed by atoms with Crippen molar-refractivity contribution < 1.29 is 9.90 Å². The molecule has 0 radical (unpaired) electrons. The topological polar surface area (TPSA) is 101 Å². The minimum atomic E-state index is -1.34. The Bertz CT molecular complexity index is 913. The number of hydrogen-bond acceptors (Lipinski definition) is 4. The van der Waals surface area contributed by atoms with Crippen LogP contribution in [-0.2, 0) is 0 Å². The Balaban J connectivity index is 2.16. The van der Waals surface area contributed by atoms with Gasteiger partial charge < -0.3 is 14.7 Å². The van der Waals surface area contributed by atoms with Gasteiger partial charge in [-0.1, -0.05) is 19.9 Å². The van der Waals surface area contributed by atoms with E-state index in [-0.39, 0.29) is 6.04 Å². The molecular formula is C16H16N4O3. The number of aromatic carboxylic acids is 1. The number of nitrogens with one attached hydrogen (secondary N) is 1. The van der Waals surface area contributed by atoms with E-state index in [1.54, 1.807) is 18.6 Å². The molecule has 7 nitrogen and oxygen atoms in total. The first-order valence-corrected chi connectivity index (χ1v) is 7.22. The highest BCUT2D eigenvalue weighted by Gasteiger charge is 2.19. The summed E-state index contributed by atoms with van der Waals surface area (Å²) < 4.78 is 2.00. The molecule has 2 N–H and O–H groups in total. The van der Waals surface area contributed by atoms with Crippen LogP contribution in [0.2, 0.25) is 0 Å². The van der Waals surface area contributed by atoms with Crippen LogP contribution in [0, 0.1) is 5.92 Å². The van der Waals surface area contributed by atoms with Crippen molar-refractivity contribution in [1.29, 1.82) is 0 Å². The number of carbonyl (C=O) groups is 1. The Hall–Kier alpha value is -2.96. The SMILES string of the molecule is CC(C)C(c1ccc2[nH]c(=O)c(C(=O)O)nc2c1)n1ccnc1. The highest BCUT2D eigenvalue weighted by Crippen LogP contribution is 2.27. The highest BCUT2D eigenvalue weighted by atomic mass is 16.4. The molecule has 0 aliphatic rings. The standard InChI is InChI=1S/C16H16N4O3/c1-9(2)14(20-6-5-17-8-20)10-3-4-11-12(7-10)18-13(16(22)23)15(21)19-11/h3-9,14H,1-2H3,(H,19,21)(H,22,23). The molecule has 0 amide bonds. The summed E-state index contributed by atoms with van der Waals surface area (Å²) in [5.74, 6) is -1.04. The van der Waals surface area contributed by atoms with E-state index in [2.05, 4.69) is 28.8 Å². The summed E-state index contributed by atoms with van der Waals surface area (Å²) in [4.78, 5) is 33.4. The average Bonchev–Trinajstić information content (AvgIpc) is 3.00. The van der Waals surface area contributed by atoms with Crippen molar-refractivity contribution in [3.05, 3.63) is 58.5 Å². The van der Waals surface area contributed by atoms with Crippen molar-refractivity contribution >= 4 is 17.0 Å². The lowest BCUT2D eigenvalue weighted by Gasteiger charge is -2.23. The van der Waals surface area contributed by atoms with Gasteiger partial charge in [0.25, 0.3) is 5.56 Å². The van der Waals surface area contributed by atoms with Crippen molar-refractivity contribution in [3.8, 4) is 0 Å². The van der Waals surface area contributed by atoms with Crippen molar-refractivity contribution in [1.82, 2.24) is 19.5 Å². The fourth-order valence-electron chi connectivity index (χ4n) is 2.76. The minimum absolute atomic E-state index is 0.0453. The van der Waals surface area contributed by atoms with Gasteiger partial charge in [-0.3, -0.25) is 4.79 Å². The third kappa shape index (κ3) is 2.73. The minimum Gasteiger partial charge on any atom is -0.476 e. The predicted octanol–water partition coefficient (Wildman–Crippen LogP) is 2.06. The molecule has 3 aromatic rings. The molecule has 0 aliphatic carbocycles. The van der Waals surface area contributed by atoms with Crippen LogP contribution in [-0.4, -0.2) is 30.6 Å². The first-order valence-electron chi connectivity index (χ1n) is 7.22. The zero-order valence-electron chi connectivity index (χ0n) is 12.7. The van der Waals surface area contributed by atoms with Gasteiger partial charge in [0.2, 0.25) is 5.69 Å². The summed E-state index contributed by atoms with van der Waals surface area (Å²) in [7, 11) is 0. The molecule has 1 aromatic carbocycles. The fourth-order valence-corrected chi connectivity index (χ4v) is 2.76. The molecule has 0 fully saturated rings. The molecule has 1 unspecified atom stereocenters. The van der Waals surface area contributed by atoms with Crippen LogP contribution in [0.3, 0.4) is 0 Å². The van der Waals surface area contributed by atoms with E-state index >= 15 is 0 Å². The monoisotopic (exact) mass is 312 g/mol. The van der Waals surface area contributed by atoms with Gasteiger partial charge in [0.05, 0.1) is 23.4 Å². The van der Waals surface area contributed by atoms with Gasteiger partial charge in [-0.2, -0.15) is 0 Å². The van der Waals surface area contributed by atoms with E-state index in [0.29, 0.717) is 17.0 Å². The molecular weight excluding hydrogens is 296 g/mol. The van der Waals surface area contributed by atoms with Crippen LogP contribution < -0.4 is 5.56 Å². The third-order valence-corrected chi connectivity index (χ3v) is 3.74. The van der Waals surface area contributed by atoms with E-state index in [9.17, 15) is 9.59 Å². The summed E-state index contributed by atoms with van der Waals surface area (Å²) in [5.41, 5.74) is 0.731. The second kappa shape index (κ2) is 5.68. The van der Waals surface area contributed by atoms with Crippen molar-refractivity contribution in [2.24, 2.45) is 5.92 Å². The molecule has 0 saturated heterocycles. The second-order valence-electron chi connectivity index (χ2n) is 5.70. The maximum absolute atomic E-state index is 11.7. The molecule has 0 bridgehead atoms. The van der Waals surface area contributed by atoms with Crippen LogP contribution in [0.25, 0.3) is 11.0 Å². The number of H-pyrrole nitrogens is 1. The maximum Gasteiger partial charge on any atom is 0.360 e. The zero-order valence-corrected chi connectivity index (χ0v) is 12.7. The summed E-state index contributed by atoms with van der Waals surface area (Å²) in [6.07, 6.45) is 5.35. The first-order chi connectivity index (χ1) is 11.0. The van der Waals surface area contributed by atoms with Gasteiger partial charge in [-0.05, 0) is 23.6 Å². The van der Waals surface area contributed by atoms with Gasteiger partial charge in [-0.15, -0.1) is 0 Å². The summed E-state index contributed by atoms with van der Waals surface area (Å²) in [6.45, 7) is 4.19. The van der Waals surface area contributed by atoms with Gasteiger partial charge >= 0.3 is 5.97 Å². The molecule has 3 rings (SSSR count). The lowest BCUT2D eigenvalue weighted by Crippen LogP contribution is -2.20. The maximum atomic E-state index is 11.7. The molecule has 0 spiro atoms. The summed E-state index contributed by atoms with van der Waals surface area (Å²) in [5, 5.41) is 9.05. The number of carboxylic acid groups (broad SMARTS) is 1. The lowest BCUT2D eigenvalue weighted by molar-refractivity contribution is 0.0689. The largest absolute Gasteiger partial charge is 0.476 e. The number of nitrogens with zero attached hydrogens (tertiary/aromatic N) is 3. The number of imidazole rings is 1. The first kappa shape index (κ1) is 15.0. The molecule has 2 heterocycles. The summed E-state index contributed by atoms with van der Waals surface area (Å²) in [6, 6.07) is 5.51. The van der Waals surface area contributed by atoms with Gasteiger partial charge in [0.15, 0.2) is 0 Å². The smallest absolute Gasteiger partial charge is 0.360 e. The molecule has 0 aliphatic heterocycles. The van der Waals surface area contributed by atoms with Crippen molar-refractivity contribution in [3.63, 3.8) is 0 Å². The van der Waals surface area contributed by atoms with Crippen molar-refractivity contribution in [2.45, 2.75) is 19.9 Å². The highest BCUT2D eigenvalue weighted by molar-refractivity contribution is 5.87. The van der Waals surface area contributed by atoms with Gasteiger partial charge in [0.1, 0.15) is 0 Å². The molecule has 23 heavy (non-hydrogen) atoms. The lowest BCUT2D eigenvalue weighted by atomic mass is 9.95. The van der Waals surface area contributed by atoms with Crippen LogP contribution in [0.15, 0.2) is 41.7 Å². The normalized spacial score (nSPS) is 12.7. The van der Waals surface area contributed by atoms with E-state index < -0.39 is 17.2 Å². The van der Waals surface area contributed by atoms with E-state index in [1.807, 2.05) is 22.9 Å². The van der Waals surface area contributed by atoms with Crippen LogP contribution >= 0.6 is 0 Å². The number of aromatic amines is 1. The van der Waals surface area contributed by atoms with Crippen LogP contribution in [0.4, 0.5) is 0 Å². The fraction of sp³-hybridized carbons (Fsp3) is 0.250. The number of benzene rings is 1. The predicted molar refractivity (Wildman–Crippen MR) is 84.5 cm³/mol. The Morgan fingerprint density at radius 3 is 2.74 bits per heavy atom. The Morgan fingerprint density at radius 2 is 2.13 bits per heavy atom. The Labute approximate surface area is 131 Å². The molecule has 0 saturated carbocycles. The third-order valence-electron chi connectivity index (χ3n) is 3.74. The van der Waals surface area contributed by atoms with Crippen LogP contribution in [0.1, 0.15) is 35.9 Å². The number of fused-ring (bicyclic) bond motifs is 1. The number of aromatic nitrogens is 4. The van der Waals surface area contributed by atoms with Gasteiger partial charge in [-0.25, -0.2) is 14.8 Å². The van der Waals surface area contributed by atoms with E-state index in [1.165, 1.54) is 0 Å². The molecule has 118 valence electrons. The number of rotatable bonds is 4. The van der Waals surface area contributed by atoms with Crippen molar-refractivity contribution in [2.75, 3.05) is 0 Å². The van der Waals surface area contributed by atoms with E-state index in [4.69, 9.17) is 5.11 Å². The molecule has 1 atom stereocenters. The summed E-state index contributed by atoms with van der Waals surface area (Å²) >= 11 is 0. The number of carboxylic acids is 1. The Kier molecular flexibility index (Phi) is 3.69.